The Bertz CT molecular complexity index is 620. The molecule has 0 aliphatic rings. The number of carbonyl (C=O) groups is 2. The van der Waals surface area contributed by atoms with Crippen LogP contribution >= 0.6 is 11.3 Å². The molecule has 0 saturated carbocycles. The number of aromatic nitrogens is 1. The zero-order valence-electron chi connectivity index (χ0n) is 10.8. The van der Waals surface area contributed by atoms with E-state index in [-0.39, 0.29) is 5.91 Å². The van der Waals surface area contributed by atoms with E-state index in [1.807, 2.05) is 26.0 Å². The Morgan fingerprint density at radius 3 is 2.84 bits per heavy atom. The minimum Gasteiger partial charge on any atom is -0.321 e. The lowest BCUT2D eigenvalue weighted by atomic mass is 10.1. The van der Waals surface area contributed by atoms with Crippen molar-refractivity contribution in [3.8, 4) is 0 Å². The van der Waals surface area contributed by atoms with Gasteiger partial charge in [-0.2, -0.15) is 0 Å². The van der Waals surface area contributed by atoms with Crippen LogP contribution in [0.3, 0.4) is 0 Å². The van der Waals surface area contributed by atoms with Gasteiger partial charge in [-0.25, -0.2) is 4.98 Å². The van der Waals surface area contributed by atoms with Crippen LogP contribution in [0.2, 0.25) is 0 Å². The van der Waals surface area contributed by atoms with Crippen molar-refractivity contribution in [3.05, 3.63) is 45.4 Å². The first kappa shape index (κ1) is 13.4. The second-order valence-corrected chi connectivity index (χ2v) is 5.38. The number of rotatable bonds is 4. The van der Waals surface area contributed by atoms with Crippen LogP contribution in [0.5, 0.6) is 0 Å². The third kappa shape index (κ3) is 3.26. The molecule has 0 bridgehead atoms. The molecule has 1 aromatic heterocycles. The molecule has 1 aromatic carbocycles. The van der Waals surface area contributed by atoms with Crippen molar-refractivity contribution in [1.29, 1.82) is 0 Å². The van der Waals surface area contributed by atoms with Gasteiger partial charge < -0.3 is 10.1 Å². The number of benzene rings is 1. The number of aldehydes is 1. The van der Waals surface area contributed by atoms with E-state index >= 15 is 0 Å². The van der Waals surface area contributed by atoms with Gasteiger partial charge in [0.05, 0.1) is 10.7 Å². The molecule has 5 heteroatoms. The Morgan fingerprint density at radius 2 is 2.21 bits per heavy atom. The molecule has 0 unspecified atom stereocenters. The van der Waals surface area contributed by atoms with Crippen LogP contribution < -0.4 is 5.32 Å². The molecule has 0 aliphatic carbocycles. The highest BCUT2D eigenvalue weighted by atomic mass is 32.1. The van der Waals surface area contributed by atoms with E-state index < -0.39 is 0 Å². The van der Waals surface area contributed by atoms with Crippen molar-refractivity contribution in [3.63, 3.8) is 0 Å². The highest BCUT2D eigenvalue weighted by molar-refractivity contribution is 7.13. The first-order valence-corrected chi connectivity index (χ1v) is 6.69. The fraction of sp³-hybridized carbons (Fsp3) is 0.214. The topological polar surface area (TPSA) is 59.1 Å². The Balaban J connectivity index is 2.16. The van der Waals surface area contributed by atoms with Crippen molar-refractivity contribution < 1.29 is 9.59 Å². The minimum absolute atomic E-state index is 0.161. The summed E-state index contributed by atoms with van der Waals surface area (Å²) in [4.78, 5) is 27.4. The molecule has 98 valence electrons. The monoisotopic (exact) mass is 274 g/mol. The molecule has 0 saturated heterocycles. The van der Waals surface area contributed by atoms with Crippen LogP contribution in [0, 0.1) is 13.8 Å². The fourth-order valence-corrected chi connectivity index (χ4v) is 2.62. The third-order valence-corrected chi connectivity index (χ3v) is 3.69. The van der Waals surface area contributed by atoms with Crippen LogP contribution in [-0.2, 0) is 11.2 Å². The Hall–Kier alpha value is -2.01. The highest BCUT2D eigenvalue weighted by Crippen LogP contribution is 2.19. The minimum atomic E-state index is -0.161. The molecule has 0 spiro atoms. The summed E-state index contributed by atoms with van der Waals surface area (Å²) in [5.41, 5.74) is 2.31. The quantitative estimate of drug-likeness (QED) is 0.872. The van der Waals surface area contributed by atoms with E-state index in [1.165, 1.54) is 11.3 Å². The molecule has 2 rings (SSSR count). The molecule has 2 aromatic rings. The van der Waals surface area contributed by atoms with Gasteiger partial charge in [-0.1, -0.05) is 12.1 Å². The van der Waals surface area contributed by atoms with Gasteiger partial charge in [0.25, 0.3) is 5.91 Å². The number of amides is 1. The summed E-state index contributed by atoms with van der Waals surface area (Å²) in [5, 5.41) is 3.70. The Morgan fingerprint density at radius 1 is 1.42 bits per heavy atom. The molecular weight excluding hydrogens is 260 g/mol. The molecule has 4 nitrogen and oxygen atoms in total. The van der Waals surface area contributed by atoms with Crippen molar-refractivity contribution in [2.45, 2.75) is 20.3 Å². The maximum Gasteiger partial charge on any atom is 0.267 e. The van der Waals surface area contributed by atoms with Crippen LogP contribution in [0.4, 0.5) is 5.69 Å². The molecule has 1 heterocycles. The first-order chi connectivity index (χ1) is 9.10. The SMILES string of the molecule is Cc1nc(C)c(C(=O)Nc2cccc(CC=O)c2)s1. The summed E-state index contributed by atoms with van der Waals surface area (Å²) in [7, 11) is 0. The predicted molar refractivity (Wildman–Crippen MR) is 75.8 cm³/mol. The van der Waals surface area contributed by atoms with Crippen LogP contribution in [0.1, 0.15) is 25.9 Å². The average Bonchev–Trinajstić information content (AvgIpc) is 2.69. The number of thiazole rings is 1. The fourth-order valence-electron chi connectivity index (χ4n) is 1.80. The summed E-state index contributed by atoms with van der Waals surface area (Å²) in [6.07, 6.45) is 1.19. The van der Waals surface area contributed by atoms with E-state index in [9.17, 15) is 9.59 Å². The van der Waals surface area contributed by atoms with Crippen molar-refractivity contribution >= 4 is 29.2 Å². The van der Waals surface area contributed by atoms with Crippen molar-refractivity contribution in [2.24, 2.45) is 0 Å². The van der Waals surface area contributed by atoms with Gasteiger partial charge in [-0.3, -0.25) is 4.79 Å². The van der Waals surface area contributed by atoms with Gasteiger partial charge in [0.15, 0.2) is 0 Å². The second kappa shape index (κ2) is 5.75. The molecule has 0 fully saturated rings. The molecule has 1 N–H and O–H groups in total. The van der Waals surface area contributed by atoms with Crippen LogP contribution in [0.15, 0.2) is 24.3 Å². The summed E-state index contributed by atoms with van der Waals surface area (Å²) in [5.74, 6) is -0.161. The zero-order valence-corrected chi connectivity index (χ0v) is 11.6. The van der Waals surface area contributed by atoms with Crippen molar-refractivity contribution in [2.75, 3.05) is 5.32 Å². The number of hydrogen-bond acceptors (Lipinski definition) is 4. The lowest BCUT2D eigenvalue weighted by Crippen LogP contribution is -2.11. The maximum atomic E-state index is 12.1. The van der Waals surface area contributed by atoms with Gasteiger partial charge in [0, 0.05) is 12.1 Å². The van der Waals surface area contributed by atoms with Gasteiger partial charge in [-0.15, -0.1) is 11.3 Å². The normalized spacial score (nSPS) is 10.2. The van der Waals surface area contributed by atoms with E-state index in [1.54, 1.807) is 12.1 Å². The number of carbonyl (C=O) groups excluding carboxylic acids is 2. The molecule has 0 atom stereocenters. The molecule has 19 heavy (non-hydrogen) atoms. The third-order valence-electron chi connectivity index (χ3n) is 2.61. The van der Waals surface area contributed by atoms with E-state index in [4.69, 9.17) is 0 Å². The average molecular weight is 274 g/mol. The number of nitrogens with one attached hydrogen (secondary N) is 1. The van der Waals surface area contributed by atoms with Crippen LogP contribution in [-0.4, -0.2) is 17.2 Å². The van der Waals surface area contributed by atoms with Gasteiger partial charge >= 0.3 is 0 Å². The molecule has 0 radical (unpaired) electrons. The Labute approximate surface area is 115 Å². The number of anilines is 1. The van der Waals surface area contributed by atoms with Crippen molar-refractivity contribution in [1.82, 2.24) is 4.98 Å². The van der Waals surface area contributed by atoms with Gasteiger partial charge in [0.1, 0.15) is 11.2 Å². The number of nitrogens with zero attached hydrogens (tertiary/aromatic N) is 1. The predicted octanol–water partition coefficient (Wildman–Crippen LogP) is 2.75. The van der Waals surface area contributed by atoms with E-state index in [2.05, 4.69) is 10.3 Å². The molecule has 1 amide bonds. The number of hydrogen-bond donors (Lipinski definition) is 1. The maximum absolute atomic E-state index is 12.1. The molecule has 0 aliphatic heterocycles. The van der Waals surface area contributed by atoms with Gasteiger partial charge in [0.2, 0.25) is 0 Å². The van der Waals surface area contributed by atoms with Crippen LogP contribution in [0.25, 0.3) is 0 Å². The summed E-state index contributed by atoms with van der Waals surface area (Å²) >= 11 is 1.38. The lowest BCUT2D eigenvalue weighted by molar-refractivity contribution is -0.107. The molecular formula is C14H14N2O2S. The largest absolute Gasteiger partial charge is 0.321 e. The highest BCUT2D eigenvalue weighted by Gasteiger charge is 2.13. The zero-order chi connectivity index (χ0) is 13.8. The lowest BCUT2D eigenvalue weighted by Gasteiger charge is -2.05. The van der Waals surface area contributed by atoms with E-state index in [0.29, 0.717) is 17.0 Å². The standard InChI is InChI=1S/C14H14N2O2S/c1-9-13(19-10(2)15-9)14(18)16-12-5-3-4-11(8-12)6-7-17/h3-5,7-8H,6H2,1-2H3,(H,16,18). The second-order valence-electron chi connectivity index (χ2n) is 4.17. The van der Waals surface area contributed by atoms with Gasteiger partial charge in [-0.05, 0) is 31.5 Å². The number of aryl methyl sites for hydroxylation is 2. The summed E-state index contributed by atoms with van der Waals surface area (Å²) in [6, 6.07) is 7.27. The first-order valence-electron chi connectivity index (χ1n) is 5.88. The smallest absolute Gasteiger partial charge is 0.267 e. The van der Waals surface area contributed by atoms with E-state index in [0.717, 1.165) is 22.6 Å². The summed E-state index contributed by atoms with van der Waals surface area (Å²) in [6.45, 7) is 3.69. The Kier molecular flexibility index (Phi) is 4.06. The summed E-state index contributed by atoms with van der Waals surface area (Å²) < 4.78 is 0.